The van der Waals surface area contributed by atoms with E-state index < -0.39 is 0 Å². The van der Waals surface area contributed by atoms with Crippen LogP contribution in [0.4, 0.5) is 0 Å². The molecule has 0 saturated carbocycles. The number of rotatable bonds is 5. The minimum atomic E-state index is 0.0228. The summed E-state index contributed by atoms with van der Waals surface area (Å²) in [5.41, 5.74) is 6.21. The van der Waals surface area contributed by atoms with Crippen LogP contribution in [0.1, 0.15) is 18.4 Å². The largest absolute Gasteiger partial charge is 0.497 e. The van der Waals surface area contributed by atoms with Crippen LogP contribution in [-0.4, -0.2) is 38.0 Å². The zero-order chi connectivity index (χ0) is 14.4. The van der Waals surface area contributed by atoms with Gasteiger partial charge in [-0.1, -0.05) is 5.16 Å². The zero-order valence-corrected chi connectivity index (χ0v) is 11.5. The molecule has 20 heavy (non-hydrogen) atoms. The maximum absolute atomic E-state index is 8.82. The van der Waals surface area contributed by atoms with E-state index in [1.807, 2.05) is 0 Å². The van der Waals surface area contributed by atoms with E-state index in [1.54, 1.807) is 25.3 Å². The van der Waals surface area contributed by atoms with Gasteiger partial charge in [-0.15, -0.1) is 0 Å². The fourth-order valence-corrected chi connectivity index (χ4v) is 2.14. The molecule has 0 aliphatic carbocycles. The average Bonchev–Trinajstić information content (AvgIpc) is 2.52. The van der Waals surface area contributed by atoms with Gasteiger partial charge in [-0.2, -0.15) is 0 Å². The van der Waals surface area contributed by atoms with Gasteiger partial charge in [0.2, 0.25) is 0 Å². The van der Waals surface area contributed by atoms with Crippen LogP contribution in [-0.2, 0) is 4.74 Å². The van der Waals surface area contributed by atoms with Gasteiger partial charge in [0.25, 0.3) is 0 Å². The normalized spacial score (nSPS) is 16.9. The molecule has 3 N–H and O–H groups in total. The number of hydrogen-bond donors (Lipinski definition) is 2. The van der Waals surface area contributed by atoms with Crippen LogP contribution in [0.2, 0.25) is 0 Å². The molecule has 1 saturated heterocycles. The van der Waals surface area contributed by atoms with E-state index in [0.29, 0.717) is 29.6 Å². The highest BCUT2D eigenvalue weighted by atomic mass is 16.5. The number of hydrogen-bond acceptors (Lipinski definition) is 5. The van der Waals surface area contributed by atoms with Crippen molar-refractivity contribution in [1.29, 1.82) is 0 Å². The molecule has 1 heterocycles. The highest BCUT2D eigenvalue weighted by Gasteiger charge is 2.16. The van der Waals surface area contributed by atoms with Crippen LogP contribution in [0.25, 0.3) is 0 Å². The molecule has 0 unspecified atom stereocenters. The summed E-state index contributed by atoms with van der Waals surface area (Å²) in [4.78, 5) is 0. The lowest BCUT2D eigenvalue weighted by atomic mass is 10.0. The van der Waals surface area contributed by atoms with Crippen LogP contribution in [0, 0.1) is 5.92 Å². The van der Waals surface area contributed by atoms with Crippen LogP contribution in [0.5, 0.6) is 11.5 Å². The lowest BCUT2D eigenvalue weighted by molar-refractivity contribution is 0.0497. The van der Waals surface area contributed by atoms with Gasteiger partial charge in [0.1, 0.15) is 11.5 Å². The molecule has 1 aromatic carbocycles. The second-order valence-electron chi connectivity index (χ2n) is 4.71. The minimum absolute atomic E-state index is 0.0228. The molecule has 0 radical (unpaired) electrons. The number of methoxy groups -OCH3 is 1. The SMILES string of the molecule is COc1ccc(/C(N)=N/O)c(OCC2CCOCC2)c1. The number of oxime groups is 1. The molecule has 6 heteroatoms. The molecule has 0 atom stereocenters. The zero-order valence-electron chi connectivity index (χ0n) is 11.5. The number of amidine groups is 1. The summed E-state index contributed by atoms with van der Waals surface area (Å²) in [6, 6.07) is 5.20. The lowest BCUT2D eigenvalue weighted by Gasteiger charge is -2.22. The summed E-state index contributed by atoms with van der Waals surface area (Å²) < 4.78 is 16.3. The van der Waals surface area contributed by atoms with E-state index in [0.717, 1.165) is 26.1 Å². The molecule has 0 amide bonds. The van der Waals surface area contributed by atoms with Gasteiger partial charge < -0.3 is 25.2 Å². The van der Waals surface area contributed by atoms with Crippen molar-refractivity contribution in [2.24, 2.45) is 16.8 Å². The van der Waals surface area contributed by atoms with Crippen molar-refractivity contribution in [3.8, 4) is 11.5 Å². The first-order chi connectivity index (χ1) is 9.74. The van der Waals surface area contributed by atoms with E-state index in [9.17, 15) is 0 Å². The molecule has 2 rings (SSSR count). The van der Waals surface area contributed by atoms with Crippen molar-refractivity contribution in [3.05, 3.63) is 23.8 Å². The van der Waals surface area contributed by atoms with E-state index in [1.165, 1.54) is 0 Å². The maximum atomic E-state index is 8.82. The molecule has 1 aromatic rings. The summed E-state index contributed by atoms with van der Waals surface area (Å²) in [5, 5.41) is 11.8. The molecule has 1 fully saturated rings. The Bertz CT molecular complexity index is 470. The second-order valence-corrected chi connectivity index (χ2v) is 4.71. The van der Waals surface area contributed by atoms with Crippen molar-refractivity contribution < 1.29 is 19.4 Å². The Balaban J connectivity index is 2.10. The van der Waals surface area contributed by atoms with Crippen molar-refractivity contribution in [2.45, 2.75) is 12.8 Å². The molecular formula is C14H20N2O4. The van der Waals surface area contributed by atoms with Crippen LogP contribution in [0.3, 0.4) is 0 Å². The average molecular weight is 280 g/mol. The first-order valence-corrected chi connectivity index (χ1v) is 6.61. The van der Waals surface area contributed by atoms with Gasteiger partial charge in [-0.3, -0.25) is 0 Å². The van der Waals surface area contributed by atoms with Gasteiger partial charge in [-0.05, 0) is 30.9 Å². The third kappa shape index (κ3) is 3.54. The highest BCUT2D eigenvalue weighted by molar-refractivity contribution is 5.99. The van der Waals surface area contributed by atoms with E-state index in [4.69, 9.17) is 25.2 Å². The van der Waals surface area contributed by atoms with Gasteiger partial charge in [-0.25, -0.2) is 0 Å². The van der Waals surface area contributed by atoms with Gasteiger partial charge in [0, 0.05) is 19.3 Å². The number of nitrogens with two attached hydrogens (primary N) is 1. The monoisotopic (exact) mass is 280 g/mol. The first-order valence-electron chi connectivity index (χ1n) is 6.61. The Morgan fingerprint density at radius 3 is 2.85 bits per heavy atom. The lowest BCUT2D eigenvalue weighted by Crippen LogP contribution is -2.22. The van der Waals surface area contributed by atoms with Crippen molar-refractivity contribution >= 4 is 5.84 Å². The summed E-state index contributed by atoms with van der Waals surface area (Å²) >= 11 is 0. The minimum Gasteiger partial charge on any atom is -0.497 e. The van der Waals surface area contributed by atoms with Crippen molar-refractivity contribution in [3.63, 3.8) is 0 Å². The summed E-state index contributed by atoms with van der Waals surface area (Å²) in [5.74, 6) is 1.72. The first kappa shape index (κ1) is 14.5. The second kappa shape index (κ2) is 7.00. The summed E-state index contributed by atoms with van der Waals surface area (Å²) in [7, 11) is 1.58. The van der Waals surface area contributed by atoms with Crippen LogP contribution >= 0.6 is 0 Å². The smallest absolute Gasteiger partial charge is 0.173 e. The third-order valence-corrected chi connectivity index (χ3v) is 3.39. The fourth-order valence-electron chi connectivity index (χ4n) is 2.14. The third-order valence-electron chi connectivity index (χ3n) is 3.39. The Morgan fingerprint density at radius 1 is 1.45 bits per heavy atom. The molecule has 0 bridgehead atoms. The maximum Gasteiger partial charge on any atom is 0.173 e. The van der Waals surface area contributed by atoms with Gasteiger partial charge in [0.05, 0.1) is 19.3 Å². The molecule has 0 aromatic heterocycles. The van der Waals surface area contributed by atoms with Crippen molar-refractivity contribution in [1.82, 2.24) is 0 Å². The Hall–Kier alpha value is -1.95. The Kier molecular flexibility index (Phi) is 5.06. The van der Waals surface area contributed by atoms with Crippen LogP contribution in [0.15, 0.2) is 23.4 Å². The molecule has 0 spiro atoms. The number of ether oxygens (including phenoxy) is 3. The summed E-state index contributed by atoms with van der Waals surface area (Å²) in [6.45, 7) is 2.14. The van der Waals surface area contributed by atoms with E-state index >= 15 is 0 Å². The number of benzene rings is 1. The number of nitrogens with zero attached hydrogens (tertiary/aromatic N) is 1. The summed E-state index contributed by atoms with van der Waals surface area (Å²) in [6.07, 6.45) is 1.98. The molecule has 110 valence electrons. The fraction of sp³-hybridized carbons (Fsp3) is 0.500. The predicted molar refractivity (Wildman–Crippen MR) is 74.5 cm³/mol. The topological polar surface area (TPSA) is 86.3 Å². The highest BCUT2D eigenvalue weighted by Crippen LogP contribution is 2.26. The molecular weight excluding hydrogens is 260 g/mol. The van der Waals surface area contributed by atoms with Crippen LogP contribution < -0.4 is 15.2 Å². The van der Waals surface area contributed by atoms with E-state index in [2.05, 4.69) is 5.16 Å². The van der Waals surface area contributed by atoms with E-state index in [-0.39, 0.29) is 5.84 Å². The molecule has 6 nitrogen and oxygen atoms in total. The predicted octanol–water partition coefficient (Wildman–Crippen LogP) is 1.60. The molecule has 1 aliphatic heterocycles. The quantitative estimate of drug-likeness (QED) is 0.370. The molecule has 1 aliphatic rings. The standard InChI is InChI=1S/C14H20N2O4/c1-18-11-2-3-12(14(15)16-17)13(8-11)20-9-10-4-6-19-7-5-10/h2-3,8,10,17H,4-7,9H2,1H3,(H2,15,16). The van der Waals surface area contributed by atoms with Gasteiger partial charge in [0.15, 0.2) is 5.84 Å². The Morgan fingerprint density at radius 2 is 2.20 bits per heavy atom. The van der Waals surface area contributed by atoms with Gasteiger partial charge >= 0.3 is 0 Å². The van der Waals surface area contributed by atoms with Crippen molar-refractivity contribution in [2.75, 3.05) is 26.9 Å². The Labute approximate surface area is 118 Å².